The summed E-state index contributed by atoms with van der Waals surface area (Å²) < 4.78 is 22.0. The van der Waals surface area contributed by atoms with Gasteiger partial charge in [0.05, 0.1) is 33.4 Å². The number of hydrogen-bond donors (Lipinski definition) is 0. The van der Waals surface area contributed by atoms with Crippen molar-refractivity contribution in [3.8, 4) is 28.6 Å². The van der Waals surface area contributed by atoms with E-state index in [4.69, 9.17) is 18.7 Å². The molecule has 7 nitrogen and oxygen atoms in total. The molecule has 162 valence electrons. The van der Waals surface area contributed by atoms with Gasteiger partial charge in [0.25, 0.3) is 0 Å². The molecule has 0 amide bonds. The topological polar surface area (TPSA) is 69.9 Å². The molecule has 30 heavy (non-hydrogen) atoms. The van der Waals surface area contributed by atoms with E-state index in [0.717, 1.165) is 32.2 Å². The molecule has 0 spiro atoms. The first-order valence-corrected chi connectivity index (χ1v) is 10.2. The van der Waals surface area contributed by atoms with E-state index in [-0.39, 0.29) is 5.54 Å². The predicted octanol–water partition coefficient (Wildman–Crippen LogP) is 4.64. The van der Waals surface area contributed by atoms with Gasteiger partial charge in [0, 0.05) is 5.54 Å². The zero-order valence-electron chi connectivity index (χ0n) is 18.1. The first kappa shape index (κ1) is 21.9. The van der Waals surface area contributed by atoms with Gasteiger partial charge in [-0.15, -0.1) is 13.2 Å². The number of hydrogen-bond acceptors (Lipinski definition) is 7. The van der Waals surface area contributed by atoms with Gasteiger partial charge in [0.1, 0.15) is 0 Å². The number of benzene rings is 1. The standard InChI is InChI=1S/C23H31N3O4/c1-6-12-23(13-7-2)14-8-9-15-26(23)16-19-24-22(25-30-19)17-10-11-18(27-3)21(29-5)20(17)28-4/h6-7,10-11H,1-2,8-9,12-16H2,3-5H3. The molecular formula is C23H31N3O4. The van der Waals surface area contributed by atoms with E-state index >= 15 is 0 Å². The zero-order chi connectivity index (χ0) is 21.6. The third-order valence-electron chi connectivity index (χ3n) is 5.78. The molecule has 1 aliphatic rings. The van der Waals surface area contributed by atoms with Crippen LogP contribution in [0.15, 0.2) is 42.0 Å². The van der Waals surface area contributed by atoms with Gasteiger partial charge >= 0.3 is 0 Å². The maximum absolute atomic E-state index is 5.62. The molecule has 0 radical (unpaired) electrons. The van der Waals surface area contributed by atoms with Crippen LogP contribution in [0.1, 0.15) is 38.0 Å². The van der Waals surface area contributed by atoms with Gasteiger partial charge < -0.3 is 18.7 Å². The van der Waals surface area contributed by atoms with Crippen molar-refractivity contribution in [2.45, 2.75) is 44.2 Å². The third kappa shape index (κ3) is 4.21. The summed E-state index contributed by atoms with van der Waals surface area (Å²) in [7, 11) is 4.73. The fourth-order valence-corrected chi connectivity index (χ4v) is 4.35. The second-order valence-corrected chi connectivity index (χ2v) is 7.48. The highest BCUT2D eigenvalue weighted by molar-refractivity contribution is 5.71. The van der Waals surface area contributed by atoms with Crippen LogP contribution < -0.4 is 14.2 Å². The summed E-state index contributed by atoms with van der Waals surface area (Å²) >= 11 is 0. The van der Waals surface area contributed by atoms with E-state index in [9.17, 15) is 0 Å². The maximum Gasteiger partial charge on any atom is 0.241 e. The summed E-state index contributed by atoms with van der Waals surface area (Å²) in [4.78, 5) is 7.09. The van der Waals surface area contributed by atoms with Gasteiger partial charge in [0.2, 0.25) is 17.5 Å². The predicted molar refractivity (Wildman–Crippen MR) is 116 cm³/mol. The summed E-state index contributed by atoms with van der Waals surface area (Å²) in [6.45, 7) is 9.51. The minimum absolute atomic E-state index is 0.0113. The van der Waals surface area contributed by atoms with Gasteiger partial charge in [-0.05, 0) is 44.4 Å². The molecule has 0 N–H and O–H groups in total. The number of nitrogens with zero attached hydrogens (tertiary/aromatic N) is 3. The molecule has 1 aromatic carbocycles. The number of aromatic nitrogens is 2. The summed E-state index contributed by atoms with van der Waals surface area (Å²) in [5, 5.41) is 4.20. The first-order valence-electron chi connectivity index (χ1n) is 10.2. The normalized spacial score (nSPS) is 16.1. The smallest absolute Gasteiger partial charge is 0.241 e. The van der Waals surface area contributed by atoms with Crippen LogP contribution in [-0.2, 0) is 6.54 Å². The number of methoxy groups -OCH3 is 3. The van der Waals surface area contributed by atoms with Gasteiger partial charge in [-0.2, -0.15) is 4.98 Å². The summed E-state index contributed by atoms with van der Waals surface area (Å²) in [6.07, 6.45) is 9.27. The van der Waals surface area contributed by atoms with Crippen molar-refractivity contribution < 1.29 is 18.7 Å². The molecule has 3 rings (SSSR count). The van der Waals surface area contributed by atoms with Crippen molar-refractivity contribution in [1.29, 1.82) is 0 Å². The van der Waals surface area contributed by atoms with Gasteiger partial charge in [-0.3, -0.25) is 4.90 Å². The zero-order valence-corrected chi connectivity index (χ0v) is 18.1. The van der Waals surface area contributed by atoms with Crippen LogP contribution in [0.25, 0.3) is 11.4 Å². The Labute approximate surface area is 178 Å². The number of piperidine rings is 1. The van der Waals surface area contributed by atoms with Crippen molar-refractivity contribution in [2.24, 2.45) is 0 Å². The Hall–Kier alpha value is -2.80. The Morgan fingerprint density at radius 1 is 1.07 bits per heavy atom. The Balaban J connectivity index is 1.89. The Bertz CT molecular complexity index is 867. The van der Waals surface area contributed by atoms with Crippen LogP contribution in [0.2, 0.25) is 0 Å². The lowest BCUT2D eigenvalue weighted by Crippen LogP contribution is -2.50. The highest BCUT2D eigenvalue weighted by Crippen LogP contribution is 2.43. The molecule has 0 unspecified atom stereocenters. The van der Waals surface area contributed by atoms with Crippen molar-refractivity contribution in [2.75, 3.05) is 27.9 Å². The van der Waals surface area contributed by atoms with Crippen molar-refractivity contribution >= 4 is 0 Å². The lowest BCUT2D eigenvalue weighted by Gasteiger charge is -2.46. The average molecular weight is 414 g/mol. The van der Waals surface area contributed by atoms with Crippen LogP contribution in [0.4, 0.5) is 0 Å². The molecule has 1 fully saturated rings. The van der Waals surface area contributed by atoms with E-state index in [0.29, 0.717) is 41.1 Å². The van der Waals surface area contributed by atoms with E-state index in [2.05, 4.69) is 28.2 Å². The van der Waals surface area contributed by atoms with Crippen LogP contribution in [0.3, 0.4) is 0 Å². The molecular weight excluding hydrogens is 382 g/mol. The monoisotopic (exact) mass is 413 g/mol. The van der Waals surface area contributed by atoms with Crippen LogP contribution in [0, 0.1) is 0 Å². The lowest BCUT2D eigenvalue weighted by molar-refractivity contribution is 0.0337. The Morgan fingerprint density at radius 3 is 2.43 bits per heavy atom. The summed E-state index contributed by atoms with van der Waals surface area (Å²) in [5.41, 5.74) is 0.699. The SMILES string of the molecule is C=CCC1(CC=C)CCCCN1Cc1nc(-c2ccc(OC)c(OC)c2OC)no1. The van der Waals surface area contributed by atoms with Gasteiger partial charge in [0.15, 0.2) is 11.5 Å². The Kier molecular flexibility index (Phi) is 7.15. The highest BCUT2D eigenvalue weighted by Gasteiger charge is 2.37. The molecule has 1 aromatic heterocycles. The molecule has 0 atom stereocenters. The molecule has 7 heteroatoms. The van der Waals surface area contributed by atoms with Crippen LogP contribution in [-0.4, -0.2) is 48.5 Å². The fourth-order valence-electron chi connectivity index (χ4n) is 4.35. The number of likely N-dealkylation sites (tertiary alicyclic amines) is 1. The Morgan fingerprint density at radius 2 is 1.80 bits per heavy atom. The molecule has 1 saturated heterocycles. The second kappa shape index (κ2) is 9.80. The summed E-state index contributed by atoms with van der Waals surface area (Å²) in [5.74, 6) is 2.61. The van der Waals surface area contributed by atoms with Crippen molar-refractivity contribution in [3.63, 3.8) is 0 Å². The minimum Gasteiger partial charge on any atom is -0.493 e. The minimum atomic E-state index is 0.0113. The molecule has 0 saturated carbocycles. The molecule has 2 aromatic rings. The molecule has 0 bridgehead atoms. The van der Waals surface area contributed by atoms with Gasteiger partial charge in [-0.25, -0.2) is 0 Å². The number of rotatable bonds is 10. The fraction of sp³-hybridized carbons (Fsp3) is 0.478. The second-order valence-electron chi connectivity index (χ2n) is 7.48. The third-order valence-corrected chi connectivity index (χ3v) is 5.78. The molecule has 1 aliphatic heterocycles. The van der Waals surface area contributed by atoms with E-state index < -0.39 is 0 Å². The molecule has 2 heterocycles. The van der Waals surface area contributed by atoms with Crippen LogP contribution >= 0.6 is 0 Å². The van der Waals surface area contributed by atoms with Crippen molar-refractivity contribution in [1.82, 2.24) is 15.0 Å². The van der Waals surface area contributed by atoms with Gasteiger partial charge in [-0.1, -0.05) is 23.7 Å². The lowest BCUT2D eigenvalue weighted by atomic mass is 9.81. The van der Waals surface area contributed by atoms with E-state index in [1.54, 1.807) is 27.4 Å². The number of ether oxygens (including phenoxy) is 3. The first-order chi connectivity index (χ1) is 14.6. The van der Waals surface area contributed by atoms with Crippen molar-refractivity contribution in [3.05, 3.63) is 43.3 Å². The quantitative estimate of drug-likeness (QED) is 0.526. The van der Waals surface area contributed by atoms with Crippen LogP contribution in [0.5, 0.6) is 17.2 Å². The largest absolute Gasteiger partial charge is 0.493 e. The highest BCUT2D eigenvalue weighted by atomic mass is 16.5. The summed E-state index contributed by atoms with van der Waals surface area (Å²) in [6, 6.07) is 3.64. The molecule has 0 aliphatic carbocycles. The average Bonchev–Trinajstić information content (AvgIpc) is 3.23. The maximum atomic E-state index is 5.62. The van der Waals surface area contributed by atoms with E-state index in [1.165, 1.54) is 6.42 Å². The van der Waals surface area contributed by atoms with E-state index in [1.807, 2.05) is 18.2 Å².